The first-order chi connectivity index (χ1) is 21.5. The Labute approximate surface area is 261 Å². The molecule has 0 atom stereocenters. The summed E-state index contributed by atoms with van der Waals surface area (Å²) in [6.07, 6.45) is 10.0. The van der Waals surface area contributed by atoms with E-state index >= 15 is 0 Å². The lowest BCUT2D eigenvalue weighted by molar-refractivity contribution is 0.372. The van der Waals surface area contributed by atoms with Gasteiger partial charge in [-0.3, -0.25) is 4.98 Å². The zero-order valence-electron chi connectivity index (χ0n) is 25.0. The maximum Gasteiger partial charge on any atom is 0.243 e. The largest absolute Gasteiger partial charge is 0.310 e. The Hall–Kier alpha value is -4.10. The molecule has 44 heavy (non-hydrogen) atoms. The molecule has 1 fully saturated rings. The minimum atomic E-state index is -3.81. The highest BCUT2D eigenvalue weighted by atomic mass is 32.2. The molecule has 0 spiro atoms. The van der Waals surface area contributed by atoms with Gasteiger partial charge in [-0.05, 0) is 70.0 Å². The molecule has 0 amide bonds. The van der Waals surface area contributed by atoms with E-state index in [4.69, 9.17) is 0 Å². The summed E-state index contributed by atoms with van der Waals surface area (Å²) in [4.78, 5) is 4.49. The van der Waals surface area contributed by atoms with Crippen molar-refractivity contribution >= 4 is 10.0 Å². The van der Waals surface area contributed by atoms with E-state index in [9.17, 15) is 8.42 Å². The fraction of sp³-hybridized carbons (Fsp3) is 0.237. The molecule has 0 saturated heterocycles. The van der Waals surface area contributed by atoms with Crippen LogP contribution in [0.1, 0.15) is 48.8 Å². The van der Waals surface area contributed by atoms with Crippen LogP contribution in [0.3, 0.4) is 0 Å². The molecule has 6 rings (SSSR count). The smallest absolute Gasteiger partial charge is 0.243 e. The average Bonchev–Trinajstić information content (AvgIpc) is 3.09. The van der Waals surface area contributed by atoms with Gasteiger partial charge in [0, 0.05) is 38.1 Å². The number of hydrogen-bond donors (Lipinski definition) is 1. The van der Waals surface area contributed by atoms with Crippen molar-refractivity contribution in [1.82, 2.24) is 14.6 Å². The van der Waals surface area contributed by atoms with Gasteiger partial charge in [0.2, 0.25) is 10.0 Å². The second kappa shape index (κ2) is 14.1. The van der Waals surface area contributed by atoms with Crippen LogP contribution in [-0.4, -0.2) is 23.7 Å². The predicted octanol–water partition coefficient (Wildman–Crippen LogP) is 8.23. The van der Waals surface area contributed by atoms with E-state index in [1.807, 2.05) is 66.7 Å². The van der Waals surface area contributed by atoms with Crippen molar-refractivity contribution in [1.29, 1.82) is 0 Å². The number of aromatic nitrogens is 1. The fourth-order valence-corrected chi connectivity index (χ4v) is 7.39. The lowest BCUT2D eigenvalue weighted by Gasteiger charge is -2.23. The molecule has 5 nitrogen and oxygen atoms in total. The Morgan fingerprint density at radius 3 is 1.95 bits per heavy atom. The molecule has 1 aromatic heterocycles. The summed E-state index contributed by atoms with van der Waals surface area (Å²) in [5, 5.41) is 3.72. The van der Waals surface area contributed by atoms with Crippen LogP contribution < -0.4 is 5.32 Å². The molecule has 1 aliphatic carbocycles. The normalized spacial score (nSPS) is 14.1. The lowest BCUT2D eigenvalue weighted by Crippen LogP contribution is -2.30. The number of pyridine rings is 1. The zero-order chi connectivity index (χ0) is 30.2. The van der Waals surface area contributed by atoms with Crippen molar-refractivity contribution in [2.24, 2.45) is 0 Å². The molecular weight excluding hydrogens is 563 g/mol. The highest BCUT2D eigenvalue weighted by molar-refractivity contribution is 7.89. The van der Waals surface area contributed by atoms with E-state index in [-0.39, 0.29) is 18.0 Å². The molecule has 0 radical (unpaired) electrons. The van der Waals surface area contributed by atoms with Crippen molar-refractivity contribution in [3.63, 3.8) is 0 Å². The number of hydrogen-bond acceptors (Lipinski definition) is 4. The molecule has 6 heteroatoms. The van der Waals surface area contributed by atoms with Crippen LogP contribution in [0.25, 0.3) is 22.3 Å². The van der Waals surface area contributed by atoms with E-state index in [0.29, 0.717) is 6.04 Å². The van der Waals surface area contributed by atoms with Gasteiger partial charge in [0.25, 0.3) is 0 Å². The summed E-state index contributed by atoms with van der Waals surface area (Å²) in [7, 11) is -3.81. The quantitative estimate of drug-likeness (QED) is 0.166. The number of rotatable bonds is 11. The average molecular weight is 602 g/mol. The van der Waals surface area contributed by atoms with Crippen molar-refractivity contribution in [2.75, 3.05) is 0 Å². The van der Waals surface area contributed by atoms with E-state index < -0.39 is 10.0 Å². The van der Waals surface area contributed by atoms with Crippen LogP contribution in [0.2, 0.25) is 0 Å². The predicted molar refractivity (Wildman–Crippen MR) is 178 cm³/mol. The van der Waals surface area contributed by atoms with Crippen molar-refractivity contribution in [2.45, 2.75) is 62.7 Å². The van der Waals surface area contributed by atoms with Gasteiger partial charge in [-0.1, -0.05) is 116 Å². The third kappa shape index (κ3) is 7.51. The standard InChI is InChI=1S/C38H39N3O2S/c42-44(43,38-15-7-12-36(25-38)33-10-3-1-4-11-33)41(29-32-9-8-24-39-26-32)28-31-18-22-35(23-19-31)34-20-16-30(17-21-34)27-40-37-13-5-2-6-14-37/h1,3-4,7-12,15-26,37,40H,2,5-6,13-14,27-29H2. The number of benzene rings is 4. The van der Waals surface area contributed by atoms with Crippen molar-refractivity contribution < 1.29 is 8.42 Å². The third-order valence-electron chi connectivity index (χ3n) is 8.46. The molecule has 1 N–H and O–H groups in total. The monoisotopic (exact) mass is 601 g/mol. The topological polar surface area (TPSA) is 62.3 Å². The third-order valence-corrected chi connectivity index (χ3v) is 10.2. The van der Waals surface area contributed by atoms with E-state index in [1.54, 1.807) is 24.5 Å². The van der Waals surface area contributed by atoms with Crippen molar-refractivity contribution in [3.05, 3.63) is 144 Å². The molecule has 0 unspecified atom stereocenters. The first-order valence-corrected chi connectivity index (χ1v) is 16.9. The second-order valence-corrected chi connectivity index (χ2v) is 13.6. The molecule has 0 bridgehead atoms. The summed E-state index contributed by atoms with van der Waals surface area (Å²) < 4.78 is 29.7. The minimum Gasteiger partial charge on any atom is -0.310 e. The van der Waals surface area contributed by atoms with Gasteiger partial charge < -0.3 is 5.32 Å². The molecule has 5 aromatic rings. The maximum atomic E-state index is 14.1. The van der Waals surface area contributed by atoms with Crippen LogP contribution >= 0.6 is 0 Å². The molecule has 1 aliphatic rings. The van der Waals surface area contributed by atoms with Crippen LogP contribution in [0.5, 0.6) is 0 Å². The maximum absolute atomic E-state index is 14.1. The molecule has 4 aromatic carbocycles. The Morgan fingerprint density at radius 2 is 1.27 bits per heavy atom. The number of sulfonamides is 1. The van der Waals surface area contributed by atoms with Gasteiger partial charge in [0.15, 0.2) is 0 Å². The Balaban J connectivity index is 1.19. The van der Waals surface area contributed by atoms with Gasteiger partial charge in [0.1, 0.15) is 0 Å². The van der Waals surface area contributed by atoms with Gasteiger partial charge >= 0.3 is 0 Å². The highest BCUT2D eigenvalue weighted by Crippen LogP contribution is 2.27. The zero-order valence-corrected chi connectivity index (χ0v) is 25.8. The molecule has 1 heterocycles. The molecule has 224 valence electrons. The van der Waals surface area contributed by atoms with E-state index in [2.05, 4.69) is 46.7 Å². The summed E-state index contributed by atoms with van der Waals surface area (Å²) in [6, 6.07) is 38.4. The summed E-state index contributed by atoms with van der Waals surface area (Å²) in [5.41, 5.74) is 7.16. The van der Waals surface area contributed by atoms with Crippen LogP contribution in [0, 0.1) is 0 Å². The Bertz CT molecular complexity index is 1730. The van der Waals surface area contributed by atoms with E-state index in [1.165, 1.54) is 42.0 Å². The fourth-order valence-electron chi connectivity index (χ4n) is 5.93. The molecular formula is C38H39N3O2S. The Morgan fingerprint density at radius 1 is 0.636 bits per heavy atom. The number of nitrogens with one attached hydrogen (secondary N) is 1. The number of nitrogens with zero attached hydrogens (tertiary/aromatic N) is 2. The van der Waals surface area contributed by atoms with Gasteiger partial charge in [-0.2, -0.15) is 4.31 Å². The SMILES string of the molecule is O=S(=O)(c1cccc(-c2ccccc2)c1)N(Cc1ccc(-c2ccc(CNC3CCCCC3)cc2)cc1)Cc1cccnc1. The van der Waals surface area contributed by atoms with Gasteiger partial charge in [-0.15, -0.1) is 0 Å². The van der Waals surface area contributed by atoms with Crippen molar-refractivity contribution in [3.8, 4) is 22.3 Å². The van der Waals surface area contributed by atoms with Crippen LogP contribution in [0.15, 0.2) is 133 Å². The van der Waals surface area contributed by atoms with Crippen LogP contribution in [-0.2, 0) is 29.7 Å². The summed E-state index contributed by atoms with van der Waals surface area (Å²) in [6.45, 7) is 1.38. The summed E-state index contributed by atoms with van der Waals surface area (Å²) >= 11 is 0. The summed E-state index contributed by atoms with van der Waals surface area (Å²) in [5.74, 6) is 0. The van der Waals surface area contributed by atoms with Gasteiger partial charge in [-0.25, -0.2) is 8.42 Å². The lowest BCUT2D eigenvalue weighted by atomic mass is 9.95. The van der Waals surface area contributed by atoms with Crippen LogP contribution in [0.4, 0.5) is 0 Å². The molecule has 0 aliphatic heterocycles. The van der Waals surface area contributed by atoms with Gasteiger partial charge in [0.05, 0.1) is 4.90 Å². The highest BCUT2D eigenvalue weighted by Gasteiger charge is 2.25. The second-order valence-electron chi connectivity index (χ2n) is 11.6. The minimum absolute atomic E-state index is 0.226. The first-order valence-electron chi connectivity index (χ1n) is 15.5. The van der Waals surface area contributed by atoms with E-state index in [0.717, 1.165) is 39.9 Å². The Kier molecular flexibility index (Phi) is 9.61. The molecule has 1 saturated carbocycles. The first kappa shape index (κ1) is 29.9.